The Labute approximate surface area is 154 Å². The maximum absolute atomic E-state index is 12.7. The third kappa shape index (κ3) is 3.04. The zero-order chi connectivity index (χ0) is 18.3. The predicted octanol–water partition coefficient (Wildman–Crippen LogP) is 3.86. The number of carbonyl (C=O) groups is 1. The van der Waals surface area contributed by atoms with E-state index < -0.39 is 4.92 Å². The Hall–Kier alpha value is -2.86. The first-order valence-corrected chi connectivity index (χ1v) is 8.69. The summed E-state index contributed by atoms with van der Waals surface area (Å²) in [5.41, 5.74) is 4.10. The van der Waals surface area contributed by atoms with Crippen molar-refractivity contribution in [3.8, 4) is 0 Å². The Kier molecular flexibility index (Phi) is 4.12. The highest BCUT2D eigenvalue weighted by atomic mass is 35.5. The molecule has 7 heteroatoms. The van der Waals surface area contributed by atoms with Crippen LogP contribution in [0.1, 0.15) is 16.8 Å². The van der Waals surface area contributed by atoms with Crippen molar-refractivity contribution in [2.24, 2.45) is 0 Å². The smallest absolute Gasteiger partial charge is 0.269 e. The fraction of sp³-hybridized carbons (Fsp3) is 0.211. The molecule has 0 spiro atoms. The van der Waals surface area contributed by atoms with E-state index in [2.05, 4.69) is 4.98 Å². The third-order valence-corrected chi connectivity index (χ3v) is 5.03. The molecule has 1 aliphatic rings. The first-order chi connectivity index (χ1) is 12.5. The van der Waals surface area contributed by atoms with E-state index in [1.807, 2.05) is 23.1 Å². The van der Waals surface area contributed by atoms with Crippen LogP contribution in [-0.2, 0) is 24.2 Å². The fourth-order valence-electron chi connectivity index (χ4n) is 3.42. The number of carbonyl (C=O) groups excluding carboxylic acids is 1. The molecule has 2 aromatic carbocycles. The number of halogens is 1. The Morgan fingerprint density at radius 3 is 2.73 bits per heavy atom. The quantitative estimate of drug-likeness (QED) is 0.562. The van der Waals surface area contributed by atoms with E-state index in [1.54, 1.807) is 12.1 Å². The van der Waals surface area contributed by atoms with Gasteiger partial charge < -0.3 is 9.88 Å². The minimum absolute atomic E-state index is 0.0147. The normalized spacial score (nSPS) is 13.7. The van der Waals surface area contributed by atoms with Gasteiger partial charge in [-0.2, -0.15) is 0 Å². The first-order valence-electron chi connectivity index (χ1n) is 8.31. The highest BCUT2D eigenvalue weighted by Gasteiger charge is 2.24. The third-order valence-electron chi connectivity index (χ3n) is 4.79. The summed E-state index contributed by atoms with van der Waals surface area (Å²) in [5, 5.41) is 12.5. The molecule has 1 N–H and O–H groups in total. The van der Waals surface area contributed by atoms with E-state index in [4.69, 9.17) is 11.6 Å². The molecule has 3 aromatic rings. The van der Waals surface area contributed by atoms with Gasteiger partial charge in [-0.15, -0.1) is 0 Å². The number of rotatable bonds is 3. The van der Waals surface area contributed by atoms with E-state index in [0.29, 0.717) is 18.1 Å². The van der Waals surface area contributed by atoms with Gasteiger partial charge in [0, 0.05) is 58.8 Å². The van der Waals surface area contributed by atoms with Crippen LogP contribution in [0.25, 0.3) is 10.9 Å². The summed E-state index contributed by atoms with van der Waals surface area (Å²) in [6.07, 6.45) is 1.00. The van der Waals surface area contributed by atoms with Gasteiger partial charge in [-0.05, 0) is 23.8 Å². The van der Waals surface area contributed by atoms with Crippen LogP contribution in [0.5, 0.6) is 0 Å². The number of amides is 1. The van der Waals surface area contributed by atoms with Crippen molar-refractivity contribution in [3.05, 3.63) is 74.4 Å². The second-order valence-electron chi connectivity index (χ2n) is 6.44. The van der Waals surface area contributed by atoms with Crippen LogP contribution in [-0.4, -0.2) is 27.3 Å². The Morgan fingerprint density at radius 1 is 1.23 bits per heavy atom. The Balaban J connectivity index is 1.52. The molecule has 0 saturated heterocycles. The number of non-ortho nitro benzene ring substituents is 1. The molecule has 0 aliphatic carbocycles. The molecule has 0 bridgehead atoms. The average Bonchev–Trinajstić information content (AvgIpc) is 2.99. The topological polar surface area (TPSA) is 79.2 Å². The molecule has 0 atom stereocenters. The SMILES string of the molecule is O=C(Cc1ccc([N+](=O)[O-])cc1)N1CCc2[nH]c3ccc(Cl)cc3c2C1. The number of hydrogen-bond acceptors (Lipinski definition) is 3. The van der Waals surface area contributed by atoms with Crippen LogP contribution in [0.4, 0.5) is 5.69 Å². The molecular weight excluding hydrogens is 354 g/mol. The van der Waals surface area contributed by atoms with E-state index in [-0.39, 0.29) is 18.0 Å². The van der Waals surface area contributed by atoms with Gasteiger partial charge in [0.15, 0.2) is 0 Å². The molecule has 2 heterocycles. The number of nitrogens with one attached hydrogen (secondary N) is 1. The second-order valence-corrected chi connectivity index (χ2v) is 6.87. The lowest BCUT2D eigenvalue weighted by Gasteiger charge is -2.27. The molecule has 0 unspecified atom stereocenters. The van der Waals surface area contributed by atoms with Crippen LogP contribution in [0.15, 0.2) is 42.5 Å². The van der Waals surface area contributed by atoms with Gasteiger partial charge in [0.1, 0.15) is 0 Å². The summed E-state index contributed by atoms with van der Waals surface area (Å²) < 4.78 is 0. The summed E-state index contributed by atoms with van der Waals surface area (Å²) >= 11 is 6.12. The second kappa shape index (κ2) is 6.46. The maximum Gasteiger partial charge on any atom is 0.269 e. The molecule has 26 heavy (non-hydrogen) atoms. The molecule has 6 nitrogen and oxygen atoms in total. The van der Waals surface area contributed by atoms with E-state index in [9.17, 15) is 14.9 Å². The summed E-state index contributed by atoms with van der Waals surface area (Å²) in [6, 6.07) is 11.9. The highest BCUT2D eigenvalue weighted by molar-refractivity contribution is 6.31. The van der Waals surface area contributed by atoms with Gasteiger partial charge in [-0.3, -0.25) is 14.9 Å². The number of hydrogen-bond donors (Lipinski definition) is 1. The van der Waals surface area contributed by atoms with E-state index >= 15 is 0 Å². The Bertz CT molecular complexity index is 1010. The number of aromatic amines is 1. The van der Waals surface area contributed by atoms with Crippen LogP contribution in [0, 0.1) is 10.1 Å². The number of H-pyrrole nitrogens is 1. The minimum Gasteiger partial charge on any atom is -0.358 e. The summed E-state index contributed by atoms with van der Waals surface area (Å²) in [7, 11) is 0. The first kappa shape index (κ1) is 16.6. The van der Waals surface area contributed by atoms with Crippen molar-refractivity contribution in [2.75, 3.05) is 6.54 Å². The van der Waals surface area contributed by atoms with Crippen LogP contribution < -0.4 is 0 Å². The molecule has 132 valence electrons. The Morgan fingerprint density at radius 2 is 2.00 bits per heavy atom. The van der Waals surface area contributed by atoms with Crippen LogP contribution in [0.2, 0.25) is 5.02 Å². The zero-order valence-corrected chi connectivity index (χ0v) is 14.6. The zero-order valence-electron chi connectivity index (χ0n) is 13.9. The molecule has 1 amide bonds. The lowest BCUT2D eigenvalue weighted by Crippen LogP contribution is -2.36. The van der Waals surface area contributed by atoms with Crippen molar-refractivity contribution in [1.82, 2.24) is 9.88 Å². The highest BCUT2D eigenvalue weighted by Crippen LogP contribution is 2.30. The van der Waals surface area contributed by atoms with Gasteiger partial charge in [-0.1, -0.05) is 23.7 Å². The molecule has 0 saturated carbocycles. The number of fused-ring (bicyclic) bond motifs is 3. The minimum atomic E-state index is -0.445. The van der Waals surface area contributed by atoms with Crippen LogP contribution >= 0.6 is 11.6 Å². The van der Waals surface area contributed by atoms with Crippen molar-refractivity contribution >= 4 is 34.1 Å². The number of benzene rings is 2. The largest absolute Gasteiger partial charge is 0.358 e. The fourth-order valence-corrected chi connectivity index (χ4v) is 3.59. The predicted molar refractivity (Wildman–Crippen MR) is 99.2 cm³/mol. The van der Waals surface area contributed by atoms with Crippen LogP contribution in [0.3, 0.4) is 0 Å². The number of aromatic nitrogens is 1. The van der Waals surface area contributed by atoms with Crippen molar-refractivity contribution < 1.29 is 9.72 Å². The summed E-state index contributed by atoms with van der Waals surface area (Å²) in [5.74, 6) is 0.0147. The monoisotopic (exact) mass is 369 g/mol. The molecule has 1 aliphatic heterocycles. The van der Waals surface area contributed by atoms with Gasteiger partial charge in [0.25, 0.3) is 5.69 Å². The molecular formula is C19H16ClN3O3. The number of nitrogens with zero attached hydrogens (tertiary/aromatic N) is 2. The maximum atomic E-state index is 12.7. The number of nitro benzene ring substituents is 1. The molecule has 4 rings (SSSR count). The van der Waals surface area contributed by atoms with Gasteiger partial charge in [-0.25, -0.2) is 0 Å². The van der Waals surface area contributed by atoms with Crippen molar-refractivity contribution in [3.63, 3.8) is 0 Å². The lowest BCUT2D eigenvalue weighted by atomic mass is 10.0. The van der Waals surface area contributed by atoms with Gasteiger partial charge >= 0.3 is 0 Å². The summed E-state index contributed by atoms with van der Waals surface area (Å²) in [6.45, 7) is 1.20. The van der Waals surface area contributed by atoms with Crippen molar-refractivity contribution in [2.45, 2.75) is 19.4 Å². The lowest BCUT2D eigenvalue weighted by molar-refractivity contribution is -0.384. The molecule has 0 fully saturated rings. The standard InChI is InChI=1S/C19H16ClN3O3/c20-13-3-6-17-15(10-13)16-11-22(8-7-18(16)21-17)19(24)9-12-1-4-14(5-2-12)23(25)26/h1-6,10,21H,7-9,11H2. The van der Waals surface area contributed by atoms with E-state index in [0.717, 1.165) is 34.1 Å². The van der Waals surface area contributed by atoms with Crippen molar-refractivity contribution in [1.29, 1.82) is 0 Å². The average molecular weight is 370 g/mol. The molecule has 1 aromatic heterocycles. The number of nitro groups is 1. The van der Waals surface area contributed by atoms with Gasteiger partial charge in [0.2, 0.25) is 5.91 Å². The van der Waals surface area contributed by atoms with E-state index in [1.165, 1.54) is 12.1 Å². The molecule has 0 radical (unpaired) electrons. The van der Waals surface area contributed by atoms with Gasteiger partial charge in [0.05, 0.1) is 11.3 Å². The summed E-state index contributed by atoms with van der Waals surface area (Å²) in [4.78, 5) is 28.2.